The summed E-state index contributed by atoms with van der Waals surface area (Å²) in [6.07, 6.45) is 6.38. The number of nitrogens with one attached hydrogen (secondary N) is 1. The molecule has 2 nitrogen and oxygen atoms in total. The highest BCUT2D eigenvalue weighted by atomic mass is 16.3. The highest BCUT2D eigenvalue weighted by Crippen LogP contribution is 2.35. The zero-order chi connectivity index (χ0) is 14.4. The minimum atomic E-state index is 0.165. The average molecular weight is 275 g/mol. The Bertz CT molecular complexity index is 898. The van der Waals surface area contributed by atoms with Crippen LogP contribution in [-0.2, 0) is 0 Å². The van der Waals surface area contributed by atoms with E-state index in [0.29, 0.717) is 0 Å². The molecule has 104 valence electrons. The van der Waals surface area contributed by atoms with E-state index in [2.05, 4.69) is 73.9 Å². The predicted molar refractivity (Wildman–Crippen MR) is 87.2 cm³/mol. The van der Waals surface area contributed by atoms with E-state index in [1.165, 1.54) is 27.5 Å². The van der Waals surface area contributed by atoms with Crippen molar-refractivity contribution in [1.82, 2.24) is 5.32 Å². The summed E-state index contributed by atoms with van der Waals surface area (Å²) in [5.74, 6) is 0. The highest BCUT2D eigenvalue weighted by Gasteiger charge is 2.17. The Balaban J connectivity index is 1.97. The van der Waals surface area contributed by atoms with Gasteiger partial charge in [0.05, 0.1) is 6.04 Å². The van der Waals surface area contributed by atoms with Crippen LogP contribution in [0.4, 0.5) is 0 Å². The van der Waals surface area contributed by atoms with Crippen molar-refractivity contribution in [3.8, 4) is 0 Å². The third-order valence-electron chi connectivity index (χ3n) is 4.13. The van der Waals surface area contributed by atoms with Crippen molar-refractivity contribution in [3.63, 3.8) is 0 Å². The Labute approximate surface area is 123 Å². The van der Waals surface area contributed by atoms with E-state index in [1.54, 1.807) is 0 Å². The monoisotopic (exact) mass is 275 g/mol. The zero-order valence-electron chi connectivity index (χ0n) is 12.2. The van der Waals surface area contributed by atoms with Crippen LogP contribution in [0.5, 0.6) is 0 Å². The highest BCUT2D eigenvalue weighted by molar-refractivity contribution is 6.06. The minimum absolute atomic E-state index is 0.165. The number of furan rings is 1. The molecule has 2 heteroatoms. The third kappa shape index (κ3) is 1.87. The van der Waals surface area contributed by atoms with Gasteiger partial charge in [0.25, 0.3) is 0 Å². The molecule has 1 unspecified atom stereocenters. The van der Waals surface area contributed by atoms with Crippen LogP contribution in [0.15, 0.2) is 64.7 Å². The van der Waals surface area contributed by atoms with E-state index in [0.717, 1.165) is 11.2 Å². The lowest BCUT2D eigenvalue weighted by Crippen LogP contribution is -2.16. The van der Waals surface area contributed by atoms with Crippen LogP contribution < -0.4 is 5.32 Å². The first-order valence-corrected chi connectivity index (χ1v) is 7.26. The van der Waals surface area contributed by atoms with Crippen LogP contribution >= 0.6 is 0 Å². The van der Waals surface area contributed by atoms with Gasteiger partial charge >= 0.3 is 0 Å². The predicted octanol–water partition coefficient (Wildman–Crippen LogP) is 5.00. The molecule has 0 saturated heterocycles. The Hall–Kier alpha value is -2.48. The van der Waals surface area contributed by atoms with E-state index in [9.17, 15) is 0 Å². The third-order valence-corrected chi connectivity index (χ3v) is 4.13. The molecule has 3 aromatic rings. The first-order valence-electron chi connectivity index (χ1n) is 7.26. The molecule has 0 fully saturated rings. The summed E-state index contributed by atoms with van der Waals surface area (Å²) in [5.41, 5.74) is 5.57. The summed E-state index contributed by atoms with van der Waals surface area (Å²) < 4.78 is 6.20. The first-order chi connectivity index (χ1) is 10.2. The summed E-state index contributed by atoms with van der Waals surface area (Å²) >= 11 is 0. The smallest absolute Gasteiger partial charge is 0.141 e. The number of benzene rings is 2. The van der Waals surface area contributed by atoms with Gasteiger partial charge in [0.15, 0.2) is 0 Å². The molecule has 1 N–H and O–H groups in total. The lowest BCUT2D eigenvalue weighted by molar-refractivity contribution is 0.645. The fraction of sp³-hybridized carbons (Fsp3) is 0.158. The molecule has 0 radical (unpaired) electrons. The number of hydrogen-bond acceptors (Lipinski definition) is 2. The van der Waals surface area contributed by atoms with Crippen molar-refractivity contribution < 1.29 is 4.42 Å². The molecular formula is C19H17NO. The number of hydrogen-bond donors (Lipinski definition) is 1. The maximum absolute atomic E-state index is 6.20. The second-order valence-corrected chi connectivity index (χ2v) is 5.67. The first kappa shape index (κ1) is 12.3. The number of dihydropyridines is 1. The molecular weight excluding hydrogens is 258 g/mol. The standard InChI is InChI=1S/C19H17NO/c1-12-9-10-17(20-11-12)16-8-4-7-15-14-6-3-5-13(2)18(14)21-19(15)16/h3-11,17,20H,1-2H3. The fourth-order valence-corrected chi connectivity index (χ4v) is 2.99. The van der Waals surface area contributed by atoms with Gasteiger partial charge in [-0.05, 0) is 25.0 Å². The SMILES string of the molecule is CC1=CNC(c2cccc3c2oc2c(C)cccc23)C=C1. The van der Waals surface area contributed by atoms with Crippen molar-refractivity contribution >= 4 is 21.9 Å². The maximum atomic E-state index is 6.20. The Morgan fingerprint density at radius 1 is 0.952 bits per heavy atom. The Morgan fingerprint density at radius 2 is 1.71 bits per heavy atom. The van der Waals surface area contributed by atoms with Gasteiger partial charge in [-0.15, -0.1) is 0 Å². The molecule has 0 aliphatic carbocycles. The van der Waals surface area contributed by atoms with Crippen LogP contribution in [0, 0.1) is 6.92 Å². The largest absolute Gasteiger partial charge is 0.455 e. The van der Waals surface area contributed by atoms with Crippen molar-refractivity contribution in [2.75, 3.05) is 0 Å². The molecule has 1 aromatic heterocycles. The zero-order valence-corrected chi connectivity index (χ0v) is 12.2. The fourth-order valence-electron chi connectivity index (χ4n) is 2.99. The van der Waals surface area contributed by atoms with Crippen molar-refractivity contribution in [3.05, 3.63) is 71.5 Å². The van der Waals surface area contributed by atoms with E-state index in [4.69, 9.17) is 4.42 Å². The van der Waals surface area contributed by atoms with Gasteiger partial charge in [0, 0.05) is 22.5 Å². The molecule has 21 heavy (non-hydrogen) atoms. The van der Waals surface area contributed by atoms with Crippen molar-refractivity contribution in [2.24, 2.45) is 0 Å². The van der Waals surface area contributed by atoms with E-state index in [-0.39, 0.29) is 6.04 Å². The summed E-state index contributed by atoms with van der Waals surface area (Å²) in [6.45, 7) is 4.18. The molecule has 2 aromatic carbocycles. The van der Waals surface area contributed by atoms with E-state index >= 15 is 0 Å². The number of para-hydroxylation sites is 2. The number of rotatable bonds is 1. The second kappa shape index (κ2) is 4.52. The molecule has 0 amide bonds. The molecule has 0 spiro atoms. The van der Waals surface area contributed by atoms with Crippen molar-refractivity contribution in [2.45, 2.75) is 19.9 Å². The molecule has 1 atom stereocenters. The molecule has 1 aliphatic heterocycles. The summed E-state index contributed by atoms with van der Waals surface area (Å²) in [5, 5.41) is 5.81. The van der Waals surface area contributed by atoms with Gasteiger partial charge in [-0.25, -0.2) is 0 Å². The van der Waals surface area contributed by atoms with Gasteiger partial charge < -0.3 is 9.73 Å². The number of allylic oxidation sites excluding steroid dienone is 2. The summed E-state index contributed by atoms with van der Waals surface area (Å²) in [4.78, 5) is 0. The normalized spacial score (nSPS) is 18.0. The van der Waals surface area contributed by atoms with Gasteiger partial charge in [-0.3, -0.25) is 0 Å². The Morgan fingerprint density at radius 3 is 2.48 bits per heavy atom. The second-order valence-electron chi connectivity index (χ2n) is 5.67. The molecule has 0 bridgehead atoms. The van der Waals surface area contributed by atoms with Gasteiger partial charge in [0.1, 0.15) is 11.2 Å². The molecule has 4 rings (SSSR count). The maximum Gasteiger partial charge on any atom is 0.141 e. The van der Waals surface area contributed by atoms with Crippen molar-refractivity contribution in [1.29, 1.82) is 0 Å². The van der Waals surface area contributed by atoms with Crippen LogP contribution in [0.25, 0.3) is 21.9 Å². The molecule has 1 aliphatic rings. The van der Waals surface area contributed by atoms with Crippen LogP contribution in [-0.4, -0.2) is 0 Å². The topological polar surface area (TPSA) is 25.2 Å². The quantitative estimate of drug-likeness (QED) is 0.676. The van der Waals surface area contributed by atoms with E-state index in [1.807, 2.05) is 0 Å². The number of aryl methyl sites for hydroxylation is 1. The molecule has 0 saturated carbocycles. The van der Waals surface area contributed by atoms with Crippen LogP contribution in [0.2, 0.25) is 0 Å². The van der Waals surface area contributed by atoms with Gasteiger partial charge in [0.2, 0.25) is 0 Å². The van der Waals surface area contributed by atoms with Gasteiger partial charge in [-0.2, -0.15) is 0 Å². The summed E-state index contributed by atoms with van der Waals surface area (Å²) in [7, 11) is 0. The minimum Gasteiger partial charge on any atom is -0.455 e. The lowest BCUT2D eigenvalue weighted by Gasteiger charge is -2.18. The lowest BCUT2D eigenvalue weighted by atomic mass is 10.0. The van der Waals surface area contributed by atoms with Crippen LogP contribution in [0.1, 0.15) is 24.1 Å². The average Bonchev–Trinajstić information content (AvgIpc) is 2.89. The molecule has 2 heterocycles. The van der Waals surface area contributed by atoms with Crippen LogP contribution in [0.3, 0.4) is 0 Å². The van der Waals surface area contributed by atoms with E-state index < -0.39 is 0 Å². The number of fused-ring (bicyclic) bond motifs is 3. The van der Waals surface area contributed by atoms with Gasteiger partial charge in [-0.1, -0.05) is 48.6 Å². The summed E-state index contributed by atoms with van der Waals surface area (Å²) in [6, 6.07) is 12.9. The Kier molecular flexibility index (Phi) is 2.64.